The molecule has 1 aliphatic heterocycles. The van der Waals surface area contributed by atoms with Gasteiger partial charge in [-0.05, 0) is 24.1 Å². The fraction of sp³-hybridized carbons (Fsp3) is 0.538. The van der Waals surface area contributed by atoms with Crippen LogP contribution in [0, 0.1) is 0 Å². The molecule has 1 aromatic carbocycles. The first-order valence-electron chi connectivity index (χ1n) is 5.79. The van der Waals surface area contributed by atoms with Crippen LogP contribution in [-0.2, 0) is 14.2 Å². The van der Waals surface area contributed by atoms with E-state index >= 15 is 0 Å². The summed E-state index contributed by atoms with van der Waals surface area (Å²) in [5.74, 6) is 0. The number of benzene rings is 1. The molecule has 2 atom stereocenters. The second kappa shape index (κ2) is 6.50. The van der Waals surface area contributed by atoms with E-state index in [1.165, 1.54) is 5.56 Å². The van der Waals surface area contributed by atoms with Gasteiger partial charge in [0.1, 0.15) is 6.10 Å². The molecule has 4 heteroatoms. The summed E-state index contributed by atoms with van der Waals surface area (Å²) in [4.78, 5) is 0. The molecule has 0 saturated carbocycles. The van der Waals surface area contributed by atoms with Gasteiger partial charge >= 0.3 is 0 Å². The zero-order valence-electron chi connectivity index (χ0n) is 9.90. The topological polar surface area (TPSA) is 27.7 Å². The Morgan fingerprint density at radius 2 is 2.06 bits per heavy atom. The minimum absolute atomic E-state index is 0.0555. The third kappa shape index (κ3) is 3.52. The first kappa shape index (κ1) is 13.0. The van der Waals surface area contributed by atoms with Crippen molar-refractivity contribution in [2.75, 3.05) is 26.9 Å². The van der Waals surface area contributed by atoms with E-state index in [0.29, 0.717) is 13.2 Å². The monoisotopic (exact) mass is 300 g/mol. The molecular weight excluding hydrogens is 284 g/mol. The summed E-state index contributed by atoms with van der Waals surface area (Å²) in [6.45, 7) is 2.01. The molecule has 1 aliphatic rings. The van der Waals surface area contributed by atoms with Crippen molar-refractivity contribution in [1.29, 1.82) is 0 Å². The largest absolute Gasteiger partial charge is 0.382 e. The third-order valence-corrected chi connectivity index (χ3v) is 3.38. The van der Waals surface area contributed by atoms with Crippen LogP contribution in [0.1, 0.15) is 18.1 Å². The summed E-state index contributed by atoms with van der Waals surface area (Å²) in [5, 5.41) is 0. The van der Waals surface area contributed by atoms with Crippen LogP contribution in [0.25, 0.3) is 0 Å². The number of halogens is 1. The molecule has 0 aliphatic carbocycles. The third-order valence-electron chi connectivity index (χ3n) is 2.86. The van der Waals surface area contributed by atoms with Gasteiger partial charge in [-0.1, -0.05) is 28.1 Å². The van der Waals surface area contributed by atoms with E-state index in [1.807, 2.05) is 12.1 Å². The van der Waals surface area contributed by atoms with Crippen LogP contribution in [0.4, 0.5) is 0 Å². The summed E-state index contributed by atoms with van der Waals surface area (Å²) in [6.07, 6.45) is 1.15. The Bertz CT molecular complexity index is 339. The minimum atomic E-state index is 0.0555. The van der Waals surface area contributed by atoms with E-state index in [9.17, 15) is 0 Å². The molecule has 0 N–H and O–H groups in total. The Labute approximate surface area is 110 Å². The van der Waals surface area contributed by atoms with Gasteiger partial charge in [-0.25, -0.2) is 0 Å². The molecule has 94 valence electrons. The summed E-state index contributed by atoms with van der Waals surface area (Å²) < 4.78 is 17.6. The van der Waals surface area contributed by atoms with Crippen molar-refractivity contribution in [3.8, 4) is 0 Å². The maximum Gasteiger partial charge on any atom is 0.109 e. The van der Waals surface area contributed by atoms with Gasteiger partial charge in [-0.2, -0.15) is 0 Å². The summed E-state index contributed by atoms with van der Waals surface area (Å²) >= 11 is 3.43. The molecule has 0 bridgehead atoms. The quantitative estimate of drug-likeness (QED) is 0.783. The van der Waals surface area contributed by atoms with Gasteiger partial charge in [-0.3, -0.25) is 0 Å². The molecule has 0 aromatic heterocycles. The van der Waals surface area contributed by atoms with Crippen LogP contribution in [0.5, 0.6) is 0 Å². The van der Waals surface area contributed by atoms with Gasteiger partial charge in [0, 0.05) is 11.6 Å². The zero-order valence-corrected chi connectivity index (χ0v) is 11.5. The van der Waals surface area contributed by atoms with Crippen molar-refractivity contribution in [2.24, 2.45) is 0 Å². The highest BCUT2D eigenvalue weighted by molar-refractivity contribution is 9.10. The predicted molar refractivity (Wildman–Crippen MR) is 69.1 cm³/mol. The highest BCUT2D eigenvalue weighted by Crippen LogP contribution is 2.31. The van der Waals surface area contributed by atoms with Gasteiger partial charge in [0.2, 0.25) is 0 Å². The summed E-state index contributed by atoms with van der Waals surface area (Å²) in [7, 11) is 1.68. The lowest BCUT2D eigenvalue weighted by molar-refractivity contribution is -0.0271. The Morgan fingerprint density at radius 1 is 1.29 bits per heavy atom. The fourth-order valence-electron chi connectivity index (χ4n) is 1.99. The van der Waals surface area contributed by atoms with Gasteiger partial charge in [0.25, 0.3) is 0 Å². The molecule has 0 radical (unpaired) electrons. The van der Waals surface area contributed by atoms with Crippen LogP contribution >= 0.6 is 15.9 Å². The molecule has 2 rings (SSSR count). The SMILES string of the molecule is COCCOC1CCOC1c1ccc(Br)cc1. The van der Waals surface area contributed by atoms with Crippen molar-refractivity contribution >= 4 is 15.9 Å². The molecule has 1 aromatic rings. The van der Waals surface area contributed by atoms with E-state index in [1.54, 1.807) is 7.11 Å². The minimum Gasteiger partial charge on any atom is -0.382 e. The molecule has 2 unspecified atom stereocenters. The van der Waals surface area contributed by atoms with E-state index < -0.39 is 0 Å². The molecular formula is C13H17BrO3. The van der Waals surface area contributed by atoms with Crippen molar-refractivity contribution in [3.63, 3.8) is 0 Å². The highest BCUT2D eigenvalue weighted by Gasteiger charge is 2.30. The van der Waals surface area contributed by atoms with E-state index in [2.05, 4.69) is 28.1 Å². The standard InChI is InChI=1S/C13H17BrO3/c1-15-8-9-16-12-6-7-17-13(12)10-2-4-11(14)5-3-10/h2-5,12-13H,6-9H2,1H3. The lowest BCUT2D eigenvalue weighted by Gasteiger charge is -2.19. The lowest BCUT2D eigenvalue weighted by atomic mass is 10.0. The molecule has 1 saturated heterocycles. The summed E-state index contributed by atoms with van der Waals surface area (Å²) in [6, 6.07) is 8.21. The van der Waals surface area contributed by atoms with Crippen LogP contribution in [0.2, 0.25) is 0 Å². The molecule has 3 nitrogen and oxygen atoms in total. The second-order valence-electron chi connectivity index (χ2n) is 4.03. The normalized spacial score (nSPS) is 24.1. The van der Waals surface area contributed by atoms with E-state index in [0.717, 1.165) is 17.5 Å². The second-order valence-corrected chi connectivity index (χ2v) is 4.95. The van der Waals surface area contributed by atoms with Crippen molar-refractivity contribution < 1.29 is 14.2 Å². The van der Waals surface area contributed by atoms with Crippen molar-refractivity contribution in [2.45, 2.75) is 18.6 Å². The van der Waals surface area contributed by atoms with Gasteiger partial charge < -0.3 is 14.2 Å². The molecule has 0 amide bonds. The first-order chi connectivity index (χ1) is 8.31. The molecule has 1 heterocycles. The molecule has 0 spiro atoms. The Balaban J connectivity index is 1.96. The average Bonchev–Trinajstić information content (AvgIpc) is 2.79. The average molecular weight is 301 g/mol. The van der Waals surface area contributed by atoms with Gasteiger partial charge in [0.15, 0.2) is 0 Å². The van der Waals surface area contributed by atoms with Crippen LogP contribution in [0.3, 0.4) is 0 Å². The van der Waals surface area contributed by atoms with Crippen LogP contribution < -0.4 is 0 Å². The highest BCUT2D eigenvalue weighted by atomic mass is 79.9. The predicted octanol–water partition coefficient (Wildman–Crippen LogP) is 2.94. The number of ether oxygens (including phenoxy) is 3. The van der Waals surface area contributed by atoms with Gasteiger partial charge in [0.05, 0.1) is 25.9 Å². The summed E-state index contributed by atoms with van der Waals surface area (Å²) in [5.41, 5.74) is 1.17. The van der Waals surface area contributed by atoms with E-state index in [4.69, 9.17) is 14.2 Å². The molecule has 17 heavy (non-hydrogen) atoms. The maximum atomic E-state index is 5.78. The number of methoxy groups -OCH3 is 1. The lowest BCUT2D eigenvalue weighted by Crippen LogP contribution is -2.19. The number of hydrogen-bond acceptors (Lipinski definition) is 3. The van der Waals surface area contributed by atoms with Gasteiger partial charge in [-0.15, -0.1) is 0 Å². The smallest absolute Gasteiger partial charge is 0.109 e. The van der Waals surface area contributed by atoms with Crippen molar-refractivity contribution in [1.82, 2.24) is 0 Å². The number of rotatable bonds is 5. The number of hydrogen-bond donors (Lipinski definition) is 0. The zero-order chi connectivity index (χ0) is 12.1. The Hall–Kier alpha value is -0.420. The Kier molecular flexibility index (Phi) is 4.98. The fourth-order valence-corrected chi connectivity index (χ4v) is 2.25. The van der Waals surface area contributed by atoms with Crippen LogP contribution in [-0.4, -0.2) is 33.0 Å². The van der Waals surface area contributed by atoms with Crippen molar-refractivity contribution in [3.05, 3.63) is 34.3 Å². The maximum absolute atomic E-state index is 5.78. The Morgan fingerprint density at radius 3 is 2.76 bits per heavy atom. The van der Waals surface area contributed by atoms with E-state index in [-0.39, 0.29) is 12.2 Å². The first-order valence-corrected chi connectivity index (χ1v) is 6.58. The van der Waals surface area contributed by atoms with Crippen LogP contribution in [0.15, 0.2) is 28.7 Å². The molecule has 1 fully saturated rings.